The van der Waals surface area contributed by atoms with Crippen molar-refractivity contribution in [1.29, 1.82) is 0 Å². The average Bonchev–Trinajstić information content (AvgIpc) is 2.79. The lowest BCUT2D eigenvalue weighted by molar-refractivity contribution is 1.34. The topological polar surface area (TPSA) is 54.7 Å². The predicted molar refractivity (Wildman–Crippen MR) is 71.1 cm³/mol. The van der Waals surface area contributed by atoms with Crippen molar-refractivity contribution in [1.82, 2.24) is 9.97 Å². The SMILES string of the molecule is Nc1ccccc1Sc1ccc2nc[nH]c2c1. The van der Waals surface area contributed by atoms with E-state index in [-0.39, 0.29) is 0 Å². The van der Waals surface area contributed by atoms with Crippen LogP contribution in [0.5, 0.6) is 0 Å². The maximum Gasteiger partial charge on any atom is 0.0931 e. The fourth-order valence-corrected chi connectivity index (χ4v) is 2.58. The lowest BCUT2D eigenvalue weighted by Crippen LogP contribution is -1.86. The number of imidazole rings is 1. The number of nitrogens with zero attached hydrogens (tertiary/aromatic N) is 1. The first-order chi connectivity index (χ1) is 8.33. The second-order valence-electron chi connectivity index (χ2n) is 3.72. The Kier molecular flexibility index (Phi) is 2.49. The molecule has 17 heavy (non-hydrogen) atoms. The Hall–Kier alpha value is -1.94. The van der Waals surface area contributed by atoms with Crippen molar-refractivity contribution in [2.75, 3.05) is 5.73 Å². The summed E-state index contributed by atoms with van der Waals surface area (Å²) in [5, 5.41) is 0. The number of nitrogen functional groups attached to an aromatic ring is 1. The molecule has 0 atom stereocenters. The molecule has 0 spiro atoms. The van der Waals surface area contributed by atoms with Gasteiger partial charge in [0.2, 0.25) is 0 Å². The van der Waals surface area contributed by atoms with Crippen molar-refractivity contribution in [3.05, 3.63) is 48.8 Å². The van der Waals surface area contributed by atoms with Crippen LogP contribution in [0.2, 0.25) is 0 Å². The van der Waals surface area contributed by atoms with E-state index in [2.05, 4.69) is 22.1 Å². The molecule has 3 nitrogen and oxygen atoms in total. The summed E-state index contributed by atoms with van der Waals surface area (Å²) in [5.41, 5.74) is 8.76. The van der Waals surface area contributed by atoms with E-state index in [0.717, 1.165) is 26.5 Å². The summed E-state index contributed by atoms with van der Waals surface area (Å²) in [7, 11) is 0. The van der Waals surface area contributed by atoms with Crippen molar-refractivity contribution < 1.29 is 0 Å². The number of nitrogens with two attached hydrogens (primary N) is 1. The molecule has 1 heterocycles. The molecule has 84 valence electrons. The van der Waals surface area contributed by atoms with Crippen LogP contribution in [0.15, 0.2) is 58.6 Å². The van der Waals surface area contributed by atoms with Gasteiger partial charge in [-0.15, -0.1) is 0 Å². The van der Waals surface area contributed by atoms with Gasteiger partial charge in [0.05, 0.1) is 17.4 Å². The highest BCUT2D eigenvalue weighted by molar-refractivity contribution is 7.99. The second-order valence-corrected chi connectivity index (χ2v) is 4.84. The molecule has 4 heteroatoms. The largest absolute Gasteiger partial charge is 0.398 e. The minimum absolute atomic E-state index is 0.808. The van der Waals surface area contributed by atoms with Gasteiger partial charge >= 0.3 is 0 Å². The highest BCUT2D eigenvalue weighted by Gasteiger charge is 2.03. The van der Waals surface area contributed by atoms with E-state index in [4.69, 9.17) is 5.73 Å². The van der Waals surface area contributed by atoms with Crippen LogP contribution in [0.3, 0.4) is 0 Å². The highest BCUT2D eigenvalue weighted by atomic mass is 32.2. The van der Waals surface area contributed by atoms with Crippen molar-refractivity contribution in [3.8, 4) is 0 Å². The minimum Gasteiger partial charge on any atom is -0.398 e. The zero-order chi connectivity index (χ0) is 11.7. The fraction of sp³-hybridized carbons (Fsp3) is 0. The fourth-order valence-electron chi connectivity index (χ4n) is 1.68. The van der Waals surface area contributed by atoms with E-state index >= 15 is 0 Å². The van der Waals surface area contributed by atoms with E-state index in [1.807, 2.05) is 30.3 Å². The minimum atomic E-state index is 0.808. The molecule has 0 aliphatic rings. The Balaban J connectivity index is 1.97. The standard InChI is InChI=1S/C13H11N3S/c14-10-3-1-2-4-13(10)17-9-5-6-11-12(7-9)16-8-15-11/h1-8H,14H2,(H,15,16). The monoisotopic (exact) mass is 241 g/mol. The predicted octanol–water partition coefficient (Wildman–Crippen LogP) is 3.30. The summed E-state index contributed by atoms with van der Waals surface area (Å²) in [5.74, 6) is 0. The Labute approximate surface area is 103 Å². The van der Waals surface area contributed by atoms with E-state index in [1.165, 1.54) is 0 Å². The van der Waals surface area contributed by atoms with Crippen molar-refractivity contribution in [2.45, 2.75) is 9.79 Å². The van der Waals surface area contributed by atoms with Crippen molar-refractivity contribution in [3.63, 3.8) is 0 Å². The third-order valence-corrected chi connectivity index (χ3v) is 3.62. The number of fused-ring (bicyclic) bond motifs is 1. The number of para-hydroxylation sites is 1. The third kappa shape index (κ3) is 1.99. The number of aromatic amines is 1. The van der Waals surface area contributed by atoms with Crippen LogP contribution < -0.4 is 5.73 Å². The summed E-state index contributed by atoms with van der Waals surface area (Å²) in [6.07, 6.45) is 1.70. The molecule has 0 radical (unpaired) electrons. The van der Waals surface area contributed by atoms with Gasteiger partial charge in [-0.05, 0) is 30.3 Å². The maximum absolute atomic E-state index is 5.92. The van der Waals surface area contributed by atoms with Crippen molar-refractivity contribution >= 4 is 28.5 Å². The first-order valence-corrected chi connectivity index (χ1v) is 6.10. The van der Waals surface area contributed by atoms with E-state index in [0.29, 0.717) is 0 Å². The normalized spacial score (nSPS) is 10.8. The number of H-pyrrole nitrogens is 1. The summed E-state index contributed by atoms with van der Waals surface area (Å²) in [6.45, 7) is 0. The molecule has 0 saturated carbocycles. The molecule has 0 fully saturated rings. The molecule has 1 aromatic heterocycles. The molecule has 3 aromatic rings. The molecular weight excluding hydrogens is 230 g/mol. The van der Waals surface area contributed by atoms with Crippen molar-refractivity contribution in [2.24, 2.45) is 0 Å². The van der Waals surface area contributed by atoms with Gasteiger partial charge in [0, 0.05) is 15.5 Å². The molecule has 2 aromatic carbocycles. The van der Waals surface area contributed by atoms with Gasteiger partial charge in [0.25, 0.3) is 0 Å². The van der Waals surface area contributed by atoms with Gasteiger partial charge in [0.15, 0.2) is 0 Å². The highest BCUT2D eigenvalue weighted by Crippen LogP contribution is 2.32. The number of nitrogens with one attached hydrogen (secondary N) is 1. The molecule has 0 aliphatic carbocycles. The smallest absolute Gasteiger partial charge is 0.0931 e. The van der Waals surface area contributed by atoms with Crippen LogP contribution in [0, 0.1) is 0 Å². The van der Waals surface area contributed by atoms with Gasteiger partial charge in [-0.1, -0.05) is 23.9 Å². The van der Waals surface area contributed by atoms with Gasteiger partial charge in [-0.25, -0.2) is 4.98 Å². The summed E-state index contributed by atoms with van der Waals surface area (Å²) in [4.78, 5) is 9.53. The molecule has 0 bridgehead atoms. The van der Waals surface area contributed by atoms with Crippen LogP contribution in [-0.2, 0) is 0 Å². The Morgan fingerprint density at radius 1 is 1.12 bits per heavy atom. The third-order valence-electron chi connectivity index (χ3n) is 2.54. The number of aromatic nitrogens is 2. The van der Waals surface area contributed by atoms with Gasteiger partial charge in [-0.3, -0.25) is 0 Å². The molecule has 0 unspecified atom stereocenters. The van der Waals surface area contributed by atoms with E-state index in [1.54, 1.807) is 18.1 Å². The zero-order valence-corrected chi connectivity index (χ0v) is 9.87. The summed E-state index contributed by atoms with van der Waals surface area (Å²) >= 11 is 1.66. The number of rotatable bonds is 2. The molecule has 0 amide bonds. The van der Waals surface area contributed by atoms with Gasteiger partial charge < -0.3 is 10.7 Å². The zero-order valence-electron chi connectivity index (χ0n) is 9.05. The van der Waals surface area contributed by atoms with Crippen LogP contribution in [-0.4, -0.2) is 9.97 Å². The Morgan fingerprint density at radius 2 is 2.00 bits per heavy atom. The second kappa shape index (κ2) is 4.14. The van der Waals surface area contributed by atoms with Crippen LogP contribution in [0.4, 0.5) is 5.69 Å². The summed E-state index contributed by atoms with van der Waals surface area (Å²) < 4.78 is 0. The Morgan fingerprint density at radius 3 is 2.88 bits per heavy atom. The molecule has 3 N–H and O–H groups in total. The average molecular weight is 241 g/mol. The first-order valence-electron chi connectivity index (χ1n) is 5.28. The molecular formula is C13H11N3S. The van der Waals surface area contributed by atoms with E-state index < -0.39 is 0 Å². The van der Waals surface area contributed by atoms with Gasteiger partial charge in [-0.2, -0.15) is 0 Å². The first kappa shape index (κ1) is 10.2. The van der Waals surface area contributed by atoms with Crippen LogP contribution in [0.25, 0.3) is 11.0 Å². The number of hydrogen-bond donors (Lipinski definition) is 2. The maximum atomic E-state index is 5.92. The molecule has 3 rings (SSSR count). The lowest BCUT2D eigenvalue weighted by atomic mass is 10.3. The number of hydrogen-bond acceptors (Lipinski definition) is 3. The van der Waals surface area contributed by atoms with E-state index in [9.17, 15) is 0 Å². The lowest BCUT2D eigenvalue weighted by Gasteiger charge is -2.04. The molecule has 0 aliphatic heterocycles. The van der Waals surface area contributed by atoms with Gasteiger partial charge in [0.1, 0.15) is 0 Å². The quantitative estimate of drug-likeness (QED) is 0.677. The molecule has 0 saturated heterocycles. The number of benzene rings is 2. The van der Waals surface area contributed by atoms with Crippen LogP contribution in [0.1, 0.15) is 0 Å². The summed E-state index contributed by atoms with van der Waals surface area (Å²) in [6, 6.07) is 14.0. The number of anilines is 1. The van der Waals surface area contributed by atoms with Crippen LogP contribution >= 0.6 is 11.8 Å². The Bertz CT molecular complexity index is 660.